The summed E-state index contributed by atoms with van der Waals surface area (Å²) in [5.74, 6) is 0.397. The van der Waals surface area contributed by atoms with Crippen molar-refractivity contribution in [2.45, 2.75) is 23.8 Å². The third-order valence-corrected chi connectivity index (χ3v) is 5.04. The Kier molecular flexibility index (Phi) is 8.43. The largest absolute Gasteiger partial charge is 0.493 e. The van der Waals surface area contributed by atoms with Crippen molar-refractivity contribution >= 4 is 63.7 Å². The standard InChI is InChI=1S/C20H22Cl3N3O3S/c1-11-5-6-12(2)14(9-11)24-19(30)26-18(20(21,22)23)25-17(27)13-7-8-15(28-3)16(10-13)29-4/h5-10,18H,1-4H3,(H,25,27)(H2,24,26,30)/t18-/m0/s1. The van der Waals surface area contributed by atoms with Gasteiger partial charge in [0, 0.05) is 11.3 Å². The van der Waals surface area contributed by atoms with Crippen LogP contribution in [0.3, 0.4) is 0 Å². The molecular weight excluding hydrogens is 469 g/mol. The Morgan fingerprint density at radius 3 is 2.27 bits per heavy atom. The van der Waals surface area contributed by atoms with Crippen molar-refractivity contribution in [3.63, 3.8) is 0 Å². The second kappa shape index (κ2) is 10.4. The summed E-state index contributed by atoms with van der Waals surface area (Å²) >= 11 is 23.5. The molecule has 0 saturated heterocycles. The summed E-state index contributed by atoms with van der Waals surface area (Å²) in [6, 6.07) is 10.6. The normalized spacial score (nSPS) is 12.0. The van der Waals surface area contributed by atoms with E-state index < -0.39 is 15.9 Å². The number of thiocarbonyl (C=S) groups is 1. The highest BCUT2D eigenvalue weighted by Gasteiger charge is 2.35. The maximum atomic E-state index is 12.7. The molecule has 1 atom stereocenters. The van der Waals surface area contributed by atoms with E-state index in [9.17, 15) is 4.79 Å². The highest BCUT2D eigenvalue weighted by Crippen LogP contribution is 2.31. The van der Waals surface area contributed by atoms with E-state index in [4.69, 9.17) is 56.5 Å². The van der Waals surface area contributed by atoms with Crippen molar-refractivity contribution in [2.24, 2.45) is 0 Å². The van der Waals surface area contributed by atoms with E-state index in [0.29, 0.717) is 17.1 Å². The molecule has 0 aliphatic rings. The number of methoxy groups -OCH3 is 2. The van der Waals surface area contributed by atoms with Crippen LogP contribution in [0.15, 0.2) is 36.4 Å². The highest BCUT2D eigenvalue weighted by atomic mass is 35.6. The Balaban J connectivity index is 2.15. The number of benzene rings is 2. The number of nitrogens with one attached hydrogen (secondary N) is 3. The number of alkyl halides is 3. The van der Waals surface area contributed by atoms with E-state index in [0.717, 1.165) is 16.8 Å². The predicted octanol–water partition coefficient (Wildman–Crippen LogP) is 4.73. The third-order valence-electron chi connectivity index (χ3n) is 4.17. The molecule has 162 valence electrons. The van der Waals surface area contributed by atoms with Gasteiger partial charge in [-0.3, -0.25) is 4.79 Å². The average Bonchev–Trinajstić information content (AvgIpc) is 2.68. The van der Waals surface area contributed by atoms with E-state index in [2.05, 4.69) is 16.0 Å². The van der Waals surface area contributed by atoms with Crippen LogP contribution in [-0.2, 0) is 0 Å². The summed E-state index contributed by atoms with van der Waals surface area (Å²) in [5, 5.41) is 8.72. The molecule has 0 fully saturated rings. The fourth-order valence-electron chi connectivity index (χ4n) is 2.55. The zero-order valence-corrected chi connectivity index (χ0v) is 19.9. The number of amides is 1. The van der Waals surface area contributed by atoms with Crippen LogP contribution >= 0.6 is 47.0 Å². The molecule has 0 aromatic heterocycles. The van der Waals surface area contributed by atoms with Gasteiger partial charge in [-0.2, -0.15) is 0 Å². The van der Waals surface area contributed by atoms with Crippen LogP contribution in [0.4, 0.5) is 5.69 Å². The molecule has 0 bridgehead atoms. The van der Waals surface area contributed by atoms with Crippen molar-refractivity contribution in [1.82, 2.24) is 10.6 Å². The van der Waals surface area contributed by atoms with Crippen LogP contribution in [0.5, 0.6) is 11.5 Å². The molecule has 0 aliphatic carbocycles. The van der Waals surface area contributed by atoms with Crippen molar-refractivity contribution in [3.05, 3.63) is 53.1 Å². The van der Waals surface area contributed by atoms with Crippen molar-refractivity contribution in [1.29, 1.82) is 0 Å². The molecule has 30 heavy (non-hydrogen) atoms. The number of carbonyl (C=O) groups is 1. The van der Waals surface area contributed by atoms with Crippen molar-refractivity contribution < 1.29 is 14.3 Å². The summed E-state index contributed by atoms with van der Waals surface area (Å²) in [6.07, 6.45) is -1.10. The lowest BCUT2D eigenvalue weighted by atomic mass is 10.1. The number of aryl methyl sites for hydroxylation is 2. The molecule has 6 nitrogen and oxygen atoms in total. The van der Waals surface area contributed by atoms with E-state index in [1.165, 1.54) is 20.3 Å². The minimum absolute atomic E-state index is 0.188. The molecule has 0 unspecified atom stereocenters. The van der Waals surface area contributed by atoms with Crippen LogP contribution in [-0.4, -0.2) is 35.2 Å². The van der Waals surface area contributed by atoms with E-state index >= 15 is 0 Å². The zero-order valence-electron chi connectivity index (χ0n) is 16.8. The lowest BCUT2D eigenvalue weighted by Crippen LogP contribution is -2.56. The first kappa shape index (κ1) is 24.3. The smallest absolute Gasteiger partial charge is 0.253 e. The summed E-state index contributed by atoms with van der Waals surface area (Å²) in [6.45, 7) is 3.91. The van der Waals surface area contributed by atoms with Gasteiger partial charge < -0.3 is 25.4 Å². The number of rotatable bonds is 6. The number of carbonyl (C=O) groups excluding carboxylic acids is 1. The molecule has 0 saturated carbocycles. The summed E-state index contributed by atoms with van der Waals surface area (Å²) in [7, 11) is 2.98. The van der Waals surface area contributed by atoms with Gasteiger partial charge in [-0.25, -0.2) is 0 Å². The lowest BCUT2D eigenvalue weighted by Gasteiger charge is -2.28. The number of halogens is 3. The van der Waals surface area contributed by atoms with Gasteiger partial charge in [0.1, 0.15) is 6.17 Å². The van der Waals surface area contributed by atoms with E-state index in [-0.39, 0.29) is 5.11 Å². The minimum atomic E-state index is -1.88. The maximum absolute atomic E-state index is 12.7. The van der Waals surface area contributed by atoms with Gasteiger partial charge in [-0.15, -0.1) is 0 Å². The fraction of sp³-hybridized carbons (Fsp3) is 0.300. The molecule has 3 N–H and O–H groups in total. The van der Waals surface area contributed by atoms with Gasteiger partial charge in [0.05, 0.1) is 14.2 Å². The van der Waals surface area contributed by atoms with Gasteiger partial charge in [0.2, 0.25) is 3.79 Å². The van der Waals surface area contributed by atoms with Crippen LogP contribution in [0.2, 0.25) is 0 Å². The van der Waals surface area contributed by atoms with E-state index in [1.54, 1.807) is 12.1 Å². The van der Waals surface area contributed by atoms with Crippen LogP contribution in [0.1, 0.15) is 21.5 Å². The predicted molar refractivity (Wildman–Crippen MR) is 126 cm³/mol. The number of hydrogen-bond donors (Lipinski definition) is 3. The van der Waals surface area contributed by atoms with Gasteiger partial charge in [0.15, 0.2) is 16.6 Å². The van der Waals surface area contributed by atoms with Crippen LogP contribution in [0.25, 0.3) is 0 Å². The Bertz CT molecular complexity index is 935. The molecule has 0 aliphatic heterocycles. The zero-order chi connectivity index (χ0) is 22.5. The number of anilines is 1. The Morgan fingerprint density at radius 2 is 1.67 bits per heavy atom. The quantitative estimate of drug-likeness (QED) is 0.309. The molecular formula is C20H22Cl3N3O3S. The maximum Gasteiger partial charge on any atom is 0.253 e. The third kappa shape index (κ3) is 6.54. The fourth-order valence-corrected chi connectivity index (χ4v) is 3.11. The second-order valence-electron chi connectivity index (χ2n) is 6.43. The molecule has 2 aromatic rings. The second-order valence-corrected chi connectivity index (χ2v) is 9.21. The average molecular weight is 491 g/mol. The van der Waals surface area contributed by atoms with Crippen molar-refractivity contribution in [2.75, 3.05) is 19.5 Å². The molecule has 2 rings (SSSR count). The summed E-state index contributed by atoms with van der Waals surface area (Å²) in [5.41, 5.74) is 3.15. The van der Waals surface area contributed by atoms with Gasteiger partial charge >= 0.3 is 0 Å². The van der Waals surface area contributed by atoms with Crippen LogP contribution in [0, 0.1) is 13.8 Å². The summed E-state index contributed by atoms with van der Waals surface area (Å²) < 4.78 is 8.52. The Labute approximate surface area is 196 Å². The Hall–Kier alpha value is -1.93. The van der Waals surface area contributed by atoms with Gasteiger partial charge in [-0.1, -0.05) is 46.9 Å². The number of hydrogen-bond acceptors (Lipinski definition) is 4. The van der Waals surface area contributed by atoms with Crippen LogP contribution < -0.4 is 25.4 Å². The molecule has 0 radical (unpaired) electrons. The lowest BCUT2D eigenvalue weighted by molar-refractivity contribution is 0.0934. The summed E-state index contributed by atoms with van der Waals surface area (Å²) in [4.78, 5) is 12.7. The number of ether oxygens (including phenoxy) is 2. The van der Waals surface area contributed by atoms with E-state index in [1.807, 2.05) is 32.0 Å². The molecule has 0 spiro atoms. The topological polar surface area (TPSA) is 71.6 Å². The highest BCUT2D eigenvalue weighted by molar-refractivity contribution is 7.80. The van der Waals surface area contributed by atoms with Crippen molar-refractivity contribution in [3.8, 4) is 11.5 Å². The SMILES string of the molecule is COc1ccc(C(=O)N[C@@H](NC(=S)Nc2cc(C)ccc2C)C(Cl)(Cl)Cl)cc1OC. The first-order valence-electron chi connectivity index (χ1n) is 8.79. The Morgan fingerprint density at radius 1 is 1.00 bits per heavy atom. The first-order chi connectivity index (χ1) is 14.0. The molecule has 2 aromatic carbocycles. The minimum Gasteiger partial charge on any atom is -0.493 e. The van der Waals surface area contributed by atoms with Gasteiger partial charge in [0.25, 0.3) is 5.91 Å². The first-order valence-corrected chi connectivity index (χ1v) is 10.3. The molecule has 10 heteroatoms. The molecule has 1 amide bonds. The molecule has 0 heterocycles. The van der Waals surface area contributed by atoms with Gasteiger partial charge in [-0.05, 0) is 61.5 Å². The monoisotopic (exact) mass is 489 g/mol.